The van der Waals surface area contributed by atoms with Crippen molar-refractivity contribution in [1.29, 1.82) is 0 Å². The second-order valence-corrected chi connectivity index (χ2v) is 9.53. The van der Waals surface area contributed by atoms with E-state index in [1.807, 2.05) is 24.4 Å². The number of hydrogen-bond donors (Lipinski definition) is 1. The molecule has 1 N–H and O–H groups in total. The van der Waals surface area contributed by atoms with E-state index in [0.29, 0.717) is 17.1 Å². The first-order chi connectivity index (χ1) is 17.0. The summed E-state index contributed by atoms with van der Waals surface area (Å²) in [4.78, 5) is 11.1. The van der Waals surface area contributed by atoms with Crippen molar-refractivity contribution in [2.45, 2.75) is 51.9 Å². The van der Waals surface area contributed by atoms with Gasteiger partial charge in [-0.2, -0.15) is 14.6 Å². The Labute approximate surface area is 204 Å². The zero-order chi connectivity index (χ0) is 24.5. The topological polar surface area (TPSA) is 84.2 Å². The summed E-state index contributed by atoms with van der Waals surface area (Å²) < 4.78 is 22.5. The predicted molar refractivity (Wildman–Crippen MR) is 133 cm³/mol. The highest BCUT2D eigenvalue weighted by Crippen LogP contribution is 2.37. The summed E-state index contributed by atoms with van der Waals surface area (Å²) >= 11 is 0. The first-order valence-corrected chi connectivity index (χ1v) is 12.3. The molecule has 1 saturated heterocycles. The van der Waals surface area contributed by atoms with E-state index in [1.165, 1.54) is 6.33 Å². The van der Waals surface area contributed by atoms with Crippen molar-refractivity contribution in [2.24, 2.45) is 0 Å². The number of fused-ring (bicyclic) bond motifs is 1. The van der Waals surface area contributed by atoms with Crippen molar-refractivity contribution in [3.8, 4) is 28.4 Å². The third kappa shape index (κ3) is 4.40. The average molecular weight is 478 g/mol. The number of methoxy groups -OCH3 is 1. The summed E-state index contributed by atoms with van der Waals surface area (Å²) in [6.45, 7) is 9.53. The SMILES string of the molecule is CCCN1CCC(c2ccc(-c3[nH]nc(-c4cc(OC)c5ncnn5c4)c3C(C)C)nc2F)CC1. The molecule has 0 spiro atoms. The number of rotatable bonds is 7. The lowest BCUT2D eigenvalue weighted by atomic mass is 9.89. The smallest absolute Gasteiger partial charge is 0.216 e. The Balaban J connectivity index is 1.48. The van der Waals surface area contributed by atoms with Gasteiger partial charge >= 0.3 is 0 Å². The van der Waals surface area contributed by atoms with Crippen LogP contribution in [0.5, 0.6) is 5.75 Å². The highest BCUT2D eigenvalue weighted by molar-refractivity contribution is 5.75. The average Bonchev–Trinajstić information content (AvgIpc) is 3.51. The number of aromatic nitrogens is 6. The fourth-order valence-corrected chi connectivity index (χ4v) is 5.18. The lowest BCUT2D eigenvalue weighted by Crippen LogP contribution is -2.33. The first kappa shape index (κ1) is 23.4. The number of piperidine rings is 1. The summed E-state index contributed by atoms with van der Waals surface area (Å²) in [5.41, 5.74) is 5.22. The minimum atomic E-state index is -0.381. The zero-order valence-corrected chi connectivity index (χ0v) is 20.8. The first-order valence-electron chi connectivity index (χ1n) is 12.3. The lowest BCUT2D eigenvalue weighted by Gasteiger charge is -2.31. The van der Waals surface area contributed by atoms with Gasteiger partial charge in [0.25, 0.3) is 0 Å². The van der Waals surface area contributed by atoms with E-state index in [-0.39, 0.29) is 17.8 Å². The van der Waals surface area contributed by atoms with Gasteiger partial charge in [-0.05, 0) is 62.9 Å². The fourth-order valence-electron chi connectivity index (χ4n) is 5.18. The molecule has 4 aromatic heterocycles. The summed E-state index contributed by atoms with van der Waals surface area (Å²) in [5.74, 6) is 0.572. The predicted octanol–water partition coefficient (Wildman–Crippen LogP) is 5.04. The van der Waals surface area contributed by atoms with Gasteiger partial charge in [0.2, 0.25) is 5.95 Å². The maximum absolute atomic E-state index is 15.3. The second kappa shape index (κ2) is 9.73. The number of aromatic amines is 1. The van der Waals surface area contributed by atoms with Gasteiger partial charge < -0.3 is 9.64 Å². The largest absolute Gasteiger partial charge is 0.493 e. The van der Waals surface area contributed by atoms with E-state index < -0.39 is 0 Å². The van der Waals surface area contributed by atoms with Crippen LogP contribution >= 0.6 is 0 Å². The van der Waals surface area contributed by atoms with Gasteiger partial charge in [-0.25, -0.2) is 14.5 Å². The maximum atomic E-state index is 15.3. The van der Waals surface area contributed by atoms with Crippen molar-refractivity contribution in [2.75, 3.05) is 26.7 Å². The molecule has 0 saturated carbocycles. The standard InChI is InChI=1S/C26H32FN7O/c1-5-10-33-11-8-17(9-12-33)19-6-7-20(30-25(19)27)24-22(16(2)3)23(31-32-24)18-13-21(35-4)26-28-15-29-34(26)14-18/h6-7,13-17H,5,8-12H2,1-4H3,(H,31,32). The normalized spacial score (nSPS) is 15.4. The Morgan fingerprint density at radius 3 is 2.71 bits per heavy atom. The number of H-pyrrole nitrogens is 1. The molecule has 5 heterocycles. The van der Waals surface area contributed by atoms with Crippen LogP contribution in [-0.4, -0.2) is 61.4 Å². The number of ether oxygens (including phenoxy) is 1. The van der Waals surface area contributed by atoms with Crippen LogP contribution in [0, 0.1) is 5.95 Å². The summed E-state index contributed by atoms with van der Waals surface area (Å²) in [5, 5.41) is 12.0. The molecule has 0 radical (unpaired) electrons. The molecular weight excluding hydrogens is 445 g/mol. The van der Waals surface area contributed by atoms with Crippen LogP contribution in [0.3, 0.4) is 0 Å². The molecule has 0 aliphatic carbocycles. The lowest BCUT2D eigenvalue weighted by molar-refractivity contribution is 0.211. The molecule has 1 aliphatic rings. The van der Waals surface area contributed by atoms with Gasteiger partial charge in [-0.15, -0.1) is 0 Å². The molecule has 0 aromatic carbocycles. The number of nitrogens with zero attached hydrogens (tertiary/aromatic N) is 6. The van der Waals surface area contributed by atoms with E-state index in [2.05, 4.69) is 50.9 Å². The molecule has 0 bridgehead atoms. The highest BCUT2D eigenvalue weighted by Gasteiger charge is 2.25. The molecule has 35 heavy (non-hydrogen) atoms. The third-order valence-electron chi connectivity index (χ3n) is 6.92. The quantitative estimate of drug-likeness (QED) is 0.375. The molecule has 8 nitrogen and oxygen atoms in total. The van der Waals surface area contributed by atoms with Crippen LogP contribution in [0.4, 0.5) is 4.39 Å². The molecule has 0 amide bonds. The van der Waals surface area contributed by atoms with Gasteiger partial charge in [-0.3, -0.25) is 5.10 Å². The zero-order valence-electron chi connectivity index (χ0n) is 20.8. The van der Waals surface area contributed by atoms with E-state index in [9.17, 15) is 0 Å². The van der Waals surface area contributed by atoms with Crippen LogP contribution in [0.15, 0.2) is 30.7 Å². The number of pyridine rings is 2. The summed E-state index contributed by atoms with van der Waals surface area (Å²) in [6.07, 6.45) is 6.45. The molecule has 9 heteroatoms. The van der Waals surface area contributed by atoms with Gasteiger partial charge in [0.1, 0.15) is 6.33 Å². The minimum Gasteiger partial charge on any atom is -0.493 e. The highest BCUT2D eigenvalue weighted by atomic mass is 19.1. The molecular formula is C26H32FN7O. The Morgan fingerprint density at radius 1 is 1.23 bits per heavy atom. The van der Waals surface area contributed by atoms with E-state index in [4.69, 9.17) is 4.74 Å². The maximum Gasteiger partial charge on any atom is 0.216 e. The Kier molecular flexibility index (Phi) is 6.51. The Morgan fingerprint density at radius 2 is 2.03 bits per heavy atom. The molecule has 0 atom stereocenters. The molecule has 1 fully saturated rings. The van der Waals surface area contributed by atoms with E-state index >= 15 is 4.39 Å². The van der Waals surface area contributed by atoms with E-state index in [1.54, 1.807) is 11.6 Å². The second-order valence-electron chi connectivity index (χ2n) is 9.53. The summed E-state index contributed by atoms with van der Waals surface area (Å²) in [7, 11) is 1.61. The number of likely N-dealkylation sites (tertiary alicyclic amines) is 1. The monoisotopic (exact) mass is 477 g/mol. The molecule has 0 unspecified atom stereocenters. The molecule has 1 aliphatic heterocycles. The molecule has 184 valence electrons. The van der Waals surface area contributed by atoms with Gasteiger partial charge in [0.05, 0.1) is 24.2 Å². The van der Waals surface area contributed by atoms with Crippen molar-refractivity contribution < 1.29 is 9.13 Å². The Bertz CT molecular complexity index is 1320. The van der Waals surface area contributed by atoms with Gasteiger partial charge in [-0.1, -0.05) is 26.8 Å². The number of halogens is 1. The molecule has 4 aromatic rings. The Hall–Kier alpha value is -3.33. The third-order valence-corrected chi connectivity index (χ3v) is 6.92. The summed E-state index contributed by atoms with van der Waals surface area (Å²) in [6, 6.07) is 5.73. The number of hydrogen-bond acceptors (Lipinski definition) is 6. The van der Waals surface area contributed by atoms with E-state index in [0.717, 1.165) is 67.0 Å². The van der Waals surface area contributed by atoms with Gasteiger partial charge in [0.15, 0.2) is 11.4 Å². The van der Waals surface area contributed by atoms with Crippen LogP contribution in [0.25, 0.3) is 28.3 Å². The minimum absolute atomic E-state index is 0.128. The molecule has 5 rings (SSSR count). The van der Waals surface area contributed by atoms with Crippen molar-refractivity contribution in [1.82, 2.24) is 34.7 Å². The van der Waals surface area contributed by atoms with Crippen molar-refractivity contribution in [3.05, 3.63) is 47.8 Å². The van der Waals surface area contributed by atoms with Crippen molar-refractivity contribution in [3.63, 3.8) is 0 Å². The van der Waals surface area contributed by atoms with Crippen LogP contribution < -0.4 is 4.74 Å². The van der Waals surface area contributed by atoms with Crippen LogP contribution in [0.1, 0.15) is 63.0 Å². The fraction of sp³-hybridized carbons (Fsp3) is 0.462. The van der Waals surface area contributed by atoms with Crippen LogP contribution in [-0.2, 0) is 0 Å². The van der Waals surface area contributed by atoms with Gasteiger partial charge in [0, 0.05) is 22.9 Å². The number of nitrogens with one attached hydrogen (secondary N) is 1. The van der Waals surface area contributed by atoms with Crippen molar-refractivity contribution >= 4 is 5.65 Å². The van der Waals surface area contributed by atoms with Crippen LogP contribution in [0.2, 0.25) is 0 Å².